The van der Waals surface area contributed by atoms with Gasteiger partial charge in [-0.05, 0) is 6.92 Å². The van der Waals surface area contributed by atoms with Gasteiger partial charge in [-0.3, -0.25) is 5.32 Å². The molecule has 1 aliphatic rings. The standard InChI is InChI=1S/C10H19NO7/c1-5(14)11-7-9(16)8(15)6(4-13)18-10(7)17-3-2-12/h2,5-11,13-16H,3-4H2,1H3/t5?,6-,7-,8+,9-,10-/m1/s1. The molecule has 1 unspecified atom stereocenters. The Hall–Kier alpha value is -0.610. The van der Waals surface area contributed by atoms with E-state index in [0.717, 1.165) is 0 Å². The molecule has 1 fully saturated rings. The van der Waals surface area contributed by atoms with Crippen molar-refractivity contribution in [2.24, 2.45) is 0 Å². The van der Waals surface area contributed by atoms with Crippen LogP contribution in [-0.4, -0.2) is 76.8 Å². The summed E-state index contributed by atoms with van der Waals surface area (Å²) in [5.74, 6) is 0. The van der Waals surface area contributed by atoms with Gasteiger partial charge in [0.2, 0.25) is 0 Å². The second-order valence-electron chi connectivity index (χ2n) is 4.08. The summed E-state index contributed by atoms with van der Waals surface area (Å²) >= 11 is 0. The Labute approximate surface area is 104 Å². The first-order chi connectivity index (χ1) is 8.51. The van der Waals surface area contributed by atoms with Gasteiger partial charge >= 0.3 is 0 Å². The van der Waals surface area contributed by atoms with Gasteiger partial charge in [0.25, 0.3) is 0 Å². The Morgan fingerprint density at radius 1 is 1.44 bits per heavy atom. The van der Waals surface area contributed by atoms with Crippen molar-refractivity contribution in [2.75, 3.05) is 13.2 Å². The van der Waals surface area contributed by atoms with Crippen molar-refractivity contribution in [1.29, 1.82) is 0 Å². The first-order valence-corrected chi connectivity index (χ1v) is 5.63. The van der Waals surface area contributed by atoms with Crippen molar-refractivity contribution in [2.45, 2.75) is 43.8 Å². The normalized spacial score (nSPS) is 38.4. The second-order valence-corrected chi connectivity index (χ2v) is 4.08. The van der Waals surface area contributed by atoms with E-state index in [0.29, 0.717) is 6.29 Å². The quantitative estimate of drug-likeness (QED) is 0.253. The van der Waals surface area contributed by atoms with Gasteiger partial charge in [-0.15, -0.1) is 0 Å². The number of hydrogen-bond acceptors (Lipinski definition) is 8. The fraction of sp³-hybridized carbons (Fsp3) is 0.900. The number of aliphatic hydroxyl groups is 4. The molecule has 18 heavy (non-hydrogen) atoms. The largest absolute Gasteiger partial charge is 0.394 e. The molecule has 0 spiro atoms. The molecule has 0 saturated carbocycles. The molecule has 5 N–H and O–H groups in total. The molecule has 0 aromatic rings. The number of hydrogen-bond donors (Lipinski definition) is 5. The van der Waals surface area contributed by atoms with Crippen LogP contribution in [0.25, 0.3) is 0 Å². The highest BCUT2D eigenvalue weighted by Crippen LogP contribution is 2.22. The van der Waals surface area contributed by atoms with Crippen molar-refractivity contribution >= 4 is 6.29 Å². The smallest absolute Gasteiger partial charge is 0.176 e. The predicted octanol–water partition coefficient (Wildman–Crippen LogP) is -3.06. The van der Waals surface area contributed by atoms with E-state index < -0.39 is 43.5 Å². The third-order valence-electron chi connectivity index (χ3n) is 2.64. The van der Waals surface area contributed by atoms with Crippen LogP contribution in [0, 0.1) is 0 Å². The number of rotatable bonds is 6. The van der Waals surface area contributed by atoms with Crippen LogP contribution >= 0.6 is 0 Å². The lowest BCUT2D eigenvalue weighted by atomic mass is 9.97. The van der Waals surface area contributed by atoms with Gasteiger partial charge in [0.1, 0.15) is 37.4 Å². The highest BCUT2D eigenvalue weighted by Gasteiger charge is 2.45. The van der Waals surface area contributed by atoms with E-state index in [2.05, 4.69) is 5.32 Å². The average molecular weight is 265 g/mol. The third-order valence-corrected chi connectivity index (χ3v) is 2.64. The van der Waals surface area contributed by atoms with Crippen molar-refractivity contribution in [3.05, 3.63) is 0 Å². The van der Waals surface area contributed by atoms with Crippen LogP contribution in [0.3, 0.4) is 0 Å². The number of carbonyl (C=O) groups excluding carboxylic acids is 1. The van der Waals surface area contributed by atoms with Gasteiger partial charge in [-0.25, -0.2) is 0 Å². The lowest BCUT2D eigenvalue weighted by Crippen LogP contribution is -2.65. The second kappa shape index (κ2) is 7.10. The molecule has 0 bridgehead atoms. The molecular weight excluding hydrogens is 246 g/mol. The number of carbonyl (C=O) groups is 1. The van der Waals surface area contributed by atoms with Gasteiger partial charge in [0.15, 0.2) is 6.29 Å². The number of aliphatic hydroxyl groups excluding tert-OH is 4. The van der Waals surface area contributed by atoms with Crippen LogP contribution in [0.4, 0.5) is 0 Å². The van der Waals surface area contributed by atoms with Crippen molar-refractivity contribution < 1.29 is 34.7 Å². The monoisotopic (exact) mass is 265 g/mol. The molecular formula is C10H19NO7. The number of aldehydes is 1. The SMILES string of the molecule is CC(O)N[C@H]1[C@H](OCC=O)O[C@H](CO)[C@H](O)[C@@H]1O. The molecule has 1 rings (SSSR count). The zero-order valence-corrected chi connectivity index (χ0v) is 9.97. The third kappa shape index (κ3) is 3.69. The molecule has 106 valence electrons. The van der Waals surface area contributed by atoms with Crippen LogP contribution < -0.4 is 5.32 Å². The summed E-state index contributed by atoms with van der Waals surface area (Å²) < 4.78 is 10.3. The average Bonchev–Trinajstić information content (AvgIpc) is 2.33. The van der Waals surface area contributed by atoms with Crippen LogP contribution in [0.5, 0.6) is 0 Å². The highest BCUT2D eigenvalue weighted by molar-refractivity contribution is 5.50. The Balaban J connectivity index is 2.76. The lowest BCUT2D eigenvalue weighted by molar-refractivity contribution is -0.271. The van der Waals surface area contributed by atoms with E-state index in [4.69, 9.17) is 14.6 Å². The fourth-order valence-electron chi connectivity index (χ4n) is 1.81. The summed E-state index contributed by atoms with van der Waals surface area (Å²) in [5, 5.41) is 40.4. The van der Waals surface area contributed by atoms with Gasteiger partial charge in [-0.2, -0.15) is 0 Å². The first-order valence-electron chi connectivity index (χ1n) is 5.63. The fourth-order valence-corrected chi connectivity index (χ4v) is 1.81. The van der Waals surface area contributed by atoms with E-state index in [1.54, 1.807) is 0 Å². The van der Waals surface area contributed by atoms with Crippen LogP contribution in [-0.2, 0) is 14.3 Å². The van der Waals surface area contributed by atoms with Gasteiger partial charge in [0, 0.05) is 0 Å². The minimum absolute atomic E-state index is 0.260. The molecule has 8 heteroatoms. The molecule has 8 nitrogen and oxygen atoms in total. The van der Waals surface area contributed by atoms with Crippen LogP contribution in [0.15, 0.2) is 0 Å². The van der Waals surface area contributed by atoms with Gasteiger partial charge in [0.05, 0.1) is 12.6 Å². The molecule has 1 heterocycles. The van der Waals surface area contributed by atoms with Crippen molar-refractivity contribution in [3.63, 3.8) is 0 Å². The molecule has 0 amide bonds. The number of ether oxygens (including phenoxy) is 2. The maximum absolute atomic E-state index is 10.3. The Bertz CT molecular complexity index is 263. The van der Waals surface area contributed by atoms with Crippen LogP contribution in [0.2, 0.25) is 0 Å². The van der Waals surface area contributed by atoms with E-state index in [9.17, 15) is 20.1 Å². The molecule has 6 atom stereocenters. The van der Waals surface area contributed by atoms with E-state index in [1.165, 1.54) is 6.92 Å². The predicted molar refractivity (Wildman–Crippen MR) is 58.4 cm³/mol. The van der Waals surface area contributed by atoms with Gasteiger partial charge in [-0.1, -0.05) is 0 Å². The summed E-state index contributed by atoms with van der Waals surface area (Å²) in [6.45, 7) is 0.665. The van der Waals surface area contributed by atoms with Crippen molar-refractivity contribution in [1.82, 2.24) is 5.32 Å². The highest BCUT2D eigenvalue weighted by atomic mass is 16.7. The maximum Gasteiger partial charge on any atom is 0.176 e. The first kappa shape index (κ1) is 15.4. The minimum atomic E-state index is -1.32. The lowest BCUT2D eigenvalue weighted by Gasteiger charge is -2.42. The zero-order chi connectivity index (χ0) is 13.7. The summed E-state index contributed by atoms with van der Waals surface area (Å²) in [4.78, 5) is 10.3. The Kier molecular flexibility index (Phi) is 6.09. The molecule has 1 saturated heterocycles. The summed E-state index contributed by atoms with van der Waals surface area (Å²) in [7, 11) is 0. The molecule has 0 aromatic heterocycles. The molecule has 0 aliphatic carbocycles. The van der Waals surface area contributed by atoms with Crippen molar-refractivity contribution in [3.8, 4) is 0 Å². The van der Waals surface area contributed by atoms with Gasteiger partial charge < -0.3 is 34.7 Å². The topological polar surface area (TPSA) is 128 Å². The Morgan fingerprint density at radius 2 is 2.11 bits per heavy atom. The maximum atomic E-state index is 10.3. The molecule has 0 aromatic carbocycles. The van der Waals surface area contributed by atoms with Crippen LogP contribution in [0.1, 0.15) is 6.92 Å². The van der Waals surface area contributed by atoms with E-state index >= 15 is 0 Å². The van der Waals surface area contributed by atoms with E-state index in [-0.39, 0.29) is 6.61 Å². The minimum Gasteiger partial charge on any atom is -0.394 e. The summed E-state index contributed by atoms with van der Waals surface area (Å²) in [6.07, 6.45) is -5.14. The summed E-state index contributed by atoms with van der Waals surface area (Å²) in [5.41, 5.74) is 0. The zero-order valence-electron chi connectivity index (χ0n) is 9.97. The number of nitrogens with one attached hydrogen (secondary N) is 1. The molecule has 1 aliphatic heterocycles. The molecule has 0 radical (unpaired) electrons. The summed E-state index contributed by atoms with van der Waals surface area (Å²) in [6, 6.07) is -0.914. The Morgan fingerprint density at radius 3 is 2.61 bits per heavy atom. The van der Waals surface area contributed by atoms with E-state index in [1.807, 2.05) is 0 Å².